The Bertz CT molecular complexity index is 1010. The van der Waals surface area contributed by atoms with Gasteiger partial charge in [0.25, 0.3) is 0 Å². The summed E-state index contributed by atoms with van der Waals surface area (Å²) in [5, 5.41) is 3.23. The van der Waals surface area contributed by atoms with Gasteiger partial charge in [0.1, 0.15) is 29.5 Å². The Balaban J connectivity index is 1.36. The Morgan fingerprint density at radius 1 is 1.21 bits per heavy atom. The van der Waals surface area contributed by atoms with Crippen LogP contribution in [-0.2, 0) is 11.2 Å². The summed E-state index contributed by atoms with van der Waals surface area (Å²) in [5.74, 6) is 3.02. The van der Waals surface area contributed by atoms with Crippen LogP contribution >= 0.6 is 0 Å². The number of likely N-dealkylation sites (tertiary alicyclic amines) is 1. The van der Waals surface area contributed by atoms with Crippen LogP contribution in [0.5, 0.6) is 5.75 Å². The van der Waals surface area contributed by atoms with Crippen LogP contribution in [-0.4, -0.2) is 83.1 Å². The zero-order valence-corrected chi connectivity index (χ0v) is 19.8. The third-order valence-electron chi connectivity index (χ3n) is 7.09. The van der Waals surface area contributed by atoms with Crippen molar-refractivity contribution in [1.82, 2.24) is 24.8 Å². The molecule has 2 aliphatic heterocycles. The first-order valence-electron chi connectivity index (χ1n) is 11.9. The number of aromatic nitrogens is 3. The molecule has 1 amide bonds. The number of pyridine rings is 1. The molecule has 4 heterocycles. The number of amides is 1. The summed E-state index contributed by atoms with van der Waals surface area (Å²) in [5.41, 5.74) is 0.567. The maximum absolute atomic E-state index is 13.3. The number of hydrogen-bond acceptors (Lipinski definition) is 8. The fraction of sp³-hybridized carbons (Fsp3) is 0.583. The molecule has 5 rings (SSSR count). The molecular formula is C24H33N7O2. The van der Waals surface area contributed by atoms with Gasteiger partial charge in [-0.2, -0.15) is 4.98 Å². The normalized spacial score (nSPS) is 22.6. The minimum atomic E-state index is -0.497. The van der Waals surface area contributed by atoms with Crippen molar-refractivity contribution in [1.29, 1.82) is 0 Å². The molecule has 2 aromatic rings. The van der Waals surface area contributed by atoms with Gasteiger partial charge in [0.05, 0.1) is 6.20 Å². The highest BCUT2D eigenvalue weighted by Crippen LogP contribution is 2.47. The van der Waals surface area contributed by atoms with Crippen LogP contribution in [0.2, 0.25) is 0 Å². The average molecular weight is 452 g/mol. The summed E-state index contributed by atoms with van der Waals surface area (Å²) >= 11 is 0. The summed E-state index contributed by atoms with van der Waals surface area (Å²) in [4.78, 5) is 33.5. The molecule has 1 N–H and O–H groups in total. The summed E-state index contributed by atoms with van der Waals surface area (Å²) in [6.07, 6.45) is 9.77. The third-order valence-corrected chi connectivity index (χ3v) is 7.09. The Hall–Kier alpha value is -2.94. The van der Waals surface area contributed by atoms with Crippen molar-refractivity contribution in [3.8, 4) is 5.75 Å². The highest BCUT2D eigenvalue weighted by atomic mass is 16.5. The van der Waals surface area contributed by atoms with Gasteiger partial charge in [0, 0.05) is 44.4 Å². The second-order valence-corrected chi connectivity index (χ2v) is 9.69. The lowest BCUT2D eigenvalue weighted by atomic mass is 9.91. The van der Waals surface area contributed by atoms with Gasteiger partial charge in [-0.25, -0.2) is 9.97 Å². The number of nitrogens with one attached hydrogen (secondary N) is 1. The van der Waals surface area contributed by atoms with Gasteiger partial charge in [-0.15, -0.1) is 0 Å². The number of rotatable bonds is 7. The SMILES string of the molecule is CN(C)CCOc1ccc(Nc2ncc3c(n2)N(C2CCCC2)C2(CCN(C)C2=O)C3)nc1. The van der Waals surface area contributed by atoms with Gasteiger partial charge in [0.2, 0.25) is 11.9 Å². The fourth-order valence-electron chi connectivity index (χ4n) is 5.38. The van der Waals surface area contributed by atoms with Crippen molar-refractivity contribution < 1.29 is 9.53 Å². The van der Waals surface area contributed by atoms with Crippen molar-refractivity contribution in [2.75, 3.05) is 51.1 Å². The first-order valence-corrected chi connectivity index (χ1v) is 11.9. The number of hydrogen-bond donors (Lipinski definition) is 1. The van der Waals surface area contributed by atoms with E-state index >= 15 is 0 Å². The molecule has 0 aromatic carbocycles. The molecule has 2 aromatic heterocycles. The van der Waals surface area contributed by atoms with Crippen LogP contribution in [0.25, 0.3) is 0 Å². The summed E-state index contributed by atoms with van der Waals surface area (Å²) in [7, 11) is 5.94. The second-order valence-electron chi connectivity index (χ2n) is 9.69. The van der Waals surface area contributed by atoms with E-state index in [4.69, 9.17) is 9.72 Å². The number of likely N-dealkylation sites (N-methyl/N-ethyl adjacent to an activating group) is 2. The molecule has 0 bridgehead atoms. The molecule has 1 atom stereocenters. The number of fused-ring (bicyclic) bond motifs is 1. The van der Waals surface area contributed by atoms with E-state index in [0.717, 1.165) is 49.5 Å². The fourth-order valence-corrected chi connectivity index (χ4v) is 5.38. The molecule has 3 aliphatic rings. The molecule has 2 fully saturated rings. The number of carbonyl (C=O) groups is 1. The molecule has 9 heteroatoms. The number of nitrogens with zero attached hydrogens (tertiary/aromatic N) is 6. The van der Waals surface area contributed by atoms with Crippen molar-refractivity contribution in [2.45, 2.75) is 50.1 Å². The summed E-state index contributed by atoms with van der Waals surface area (Å²) in [6, 6.07) is 4.12. The van der Waals surface area contributed by atoms with Gasteiger partial charge >= 0.3 is 0 Å². The van der Waals surface area contributed by atoms with Crippen molar-refractivity contribution in [2.24, 2.45) is 0 Å². The highest BCUT2D eigenvalue weighted by Gasteiger charge is 2.57. The minimum Gasteiger partial charge on any atom is -0.491 e. The Morgan fingerprint density at radius 2 is 2.03 bits per heavy atom. The van der Waals surface area contributed by atoms with E-state index < -0.39 is 5.54 Å². The molecule has 176 valence electrons. The number of anilines is 3. The zero-order valence-electron chi connectivity index (χ0n) is 19.8. The first kappa shape index (κ1) is 21.9. The van der Waals surface area contributed by atoms with Gasteiger partial charge in [-0.3, -0.25) is 4.79 Å². The van der Waals surface area contributed by atoms with E-state index in [9.17, 15) is 4.79 Å². The molecule has 0 radical (unpaired) electrons. The standard InChI is InChI=1S/C24H33N7O2/c1-29(2)12-13-33-19-8-9-20(25-16-19)27-23-26-15-17-14-24(10-11-30(3)22(24)32)31(21(17)28-23)18-6-4-5-7-18/h8-9,15-16,18H,4-7,10-14H2,1-3H3,(H,25,26,27,28). The largest absolute Gasteiger partial charge is 0.491 e. The van der Waals surface area contributed by atoms with Crippen LogP contribution in [0, 0.1) is 0 Å². The van der Waals surface area contributed by atoms with E-state index in [1.807, 2.05) is 44.4 Å². The van der Waals surface area contributed by atoms with E-state index in [1.165, 1.54) is 12.8 Å². The number of ether oxygens (including phenoxy) is 1. The Morgan fingerprint density at radius 3 is 2.70 bits per heavy atom. The second kappa shape index (κ2) is 8.78. The lowest BCUT2D eigenvalue weighted by molar-refractivity contribution is -0.131. The van der Waals surface area contributed by atoms with E-state index in [-0.39, 0.29) is 5.91 Å². The van der Waals surface area contributed by atoms with Crippen LogP contribution in [0.3, 0.4) is 0 Å². The van der Waals surface area contributed by atoms with Crippen LogP contribution in [0.1, 0.15) is 37.7 Å². The Labute approximate surface area is 195 Å². The summed E-state index contributed by atoms with van der Waals surface area (Å²) < 4.78 is 5.72. The van der Waals surface area contributed by atoms with Crippen LogP contribution in [0.15, 0.2) is 24.5 Å². The maximum Gasteiger partial charge on any atom is 0.248 e. The average Bonchev–Trinajstić information content (AvgIpc) is 3.50. The van der Waals surface area contributed by atoms with Crippen molar-refractivity contribution >= 4 is 23.5 Å². The molecular weight excluding hydrogens is 418 g/mol. The third kappa shape index (κ3) is 4.10. The lowest BCUT2D eigenvalue weighted by Crippen LogP contribution is -2.56. The Kier molecular flexibility index (Phi) is 5.82. The predicted molar refractivity (Wildman–Crippen MR) is 127 cm³/mol. The maximum atomic E-state index is 13.3. The number of carbonyl (C=O) groups excluding carboxylic acids is 1. The van der Waals surface area contributed by atoms with Crippen molar-refractivity contribution in [3.05, 3.63) is 30.1 Å². The molecule has 1 saturated heterocycles. The monoisotopic (exact) mass is 451 g/mol. The highest BCUT2D eigenvalue weighted by molar-refractivity contribution is 5.94. The molecule has 1 unspecified atom stereocenters. The van der Waals surface area contributed by atoms with E-state index in [2.05, 4.69) is 25.1 Å². The van der Waals surface area contributed by atoms with Crippen molar-refractivity contribution in [3.63, 3.8) is 0 Å². The molecule has 1 aliphatic carbocycles. The van der Waals surface area contributed by atoms with Crippen LogP contribution < -0.4 is 15.0 Å². The zero-order chi connectivity index (χ0) is 23.0. The minimum absolute atomic E-state index is 0.216. The van der Waals surface area contributed by atoms with E-state index in [0.29, 0.717) is 30.8 Å². The molecule has 1 spiro atoms. The van der Waals surface area contributed by atoms with E-state index in [1.54, 1.807) is 6.20 Å². The van der Waals surface area contributed by atoms with Gasteiger partial charge in [-0.1, -0.05) is 12.8 Å². The topological polar surface area (TPSA) is 86.7 Å². The smallest absolute Gasteiger partial charge is 0.248 e. The van der Waals surface area contributed by atoms with Gasteiger partial charge in [-0.05, 0) is 45.5 Å². The van der Waals surface area contributed by atoms with Gasteiger partial charge in [0.15, 0.2) is 0 Å². The lowest BCUT2D eigenvalue weighted by Gasteiger charge is -2.39. The van der Waals surface area contributed by atoms with Gasteiger partial charge < -0.3 is 24.8 Å². The molecule has 1 saturated carbocycles. The van der Waals surface area contributed by atoms with Crippen LogP contribution in [0.4, 0.5) is 17.6 Å². The first-order chi connectivity index (χ1) is 16.0. The molecule has 9 nitrogen and oxygen atoms in total. The summed E-state index contributed by atoms with van der Waals surface area (Å²) in [6.45, 7) is 2.25. The quantitative estimate of drug-likeness (QED) is 0.687. The molecule has 33 heavy (non-hydrogen) atoms. The predicted octanol–water partition coefficient (Wildman–Crippen LogP) is 2.46.